The van der Waals surface area contributed by atoms with Crippen LogP contribution in [-0.2, 0) is 16.4 Å². The van der Waals surface area contributed by atoms with Crippen molar-refractivity contribution in [3.05, 3.63) is 51.8 Å². The van der Waals surface area contributed by atoms with Gasteiger partial charge >= 0.3 is 0 Å². The number of carbonyl (C=O) groups is 1. The number of carbonyl (C=O) groups excluding carboxylic acids is 1. The van der Waals surface area contributed by atoms with Crippen LogP contribution in [0.25, 0.3) is 0 Å². The van der Waals surface area contributed by atoms with Gasteiger partial charge in [-0.05, 0) is 61.3 Å². The Morgan fingerprint density at radius 3 is 2.03 bits per heavy atom. The molecule has 1 spiro atoms. The zero-order valence-corrected chi connectivity index (χ0v) is 23.3. The first-order valence-corrected chi connectivity index (χ1v) is 13.1. The van der Waals surface area contributed by atoms with Crippen LogP contribution >= 0.6 is 0 Å². The first-order valence-electron chi connectivity index (χ1n) is 13.1. The lowest BCUT2D eigenvalue weighted by atomic mass is 9.78. The van der Waals surface area contributed by atoms with E-state index < -0.39 is 11.4 Å². The molecule has 0 saturated heterocycles. The van der Waals surface area contributed by atoms with Gasteiger partial charge in [-0.2, -0.15) is 0 Å². The molecule has 4 rings (SSSR count). The molecule has 6 nitrogen and oxygen atoms in total. The fourth-order valence-electron chi connectivity index (χ4n) is 5.31. The summed E-state index contributed by atoms with van der Waals surface area (Å²) in [5, 5.41) is 19.9. The lowest BCUT2D eigenvalue weighted by Gasteiger charge is -2.29. The van der Waals surface area contributed by atoms with E-state index in [9.17, 15) is 9.90 Å². The summed E-state index contributed by atoms with van der Waals surface area (Å²) in [7, 11) is 0. The molecule has 0 amide bonds. The number of hydrogen-bond acceptors (Lipinski definition) is 5. The van der Waals surface area contributed by atoms with Gasteiger partial charge in [-0.1, -0.05) is 41.5 Å². The highest BCUT2D eigenvalue weighted by Gasteiger charge is 2.58. The van der Waals surface area contributed by atoms with Crippen molar-refractivity contribution < 1.29 is 23.8 Å². The molecule has 1 heterocycles. The number of nitrogens with one attached hydrogen (secondary N) is 1. The SMILES string of the molecule is CCOc1cc2c(c(F)c1OCC)C(=N)N(CC(=O)c1cc(C(C)(C)C)c(O)c(C(C)(C)C)c1)C21CC1. The number of rotatable bonds is 7. The first-order chi connectivity index (χ1) is 17.2. The van der Waals surface area contributed by atoms with Crippen molar-refractivity contribution in [2.24, 2.45) is 0 Å². The molecule has 2 aromatic carbocycles. The van der Waals surface area contributed by atoms with Crippen LogP contribution < -0.4 is 9.47 Å². The van der Waals surface area contributed by atoms with Gasteiger partial charge in [0.15, 0.2) is 23.1 Å². The Kier molecular flexibility index (Phi) is 6.58. The topological polar surface area (TPSA) is 82.9 Å². The van der Waals surface area contributed by atoms with E-state index in [0.717, 1.165) is 12.8 Å². The van der Waals surface area contributed by atoms with E-state index >= 15 is 4.39 Å². The predicted octanol–water partition coefficient (Wildman–Crippen LogP) is 6.44. The summed E-state index contributed by atoms with van der Waals surface area (Å²) < 4.78 is 27.0. The molecule has 0 atom stereocenters. The van der Waals surface area contributed by atoms with Crippen molar-refractivity contribution in [1.29, 1.82) is 5.41 Å². The summed E-state index contributed by atoms with van der Waals surface area (Å²) in [6.07, 6.45) is 1.45. The second kappa shape index (κ2) is 9.03. The fraction of sp³-hybridized carbons (Fsp3) is 0.533. The van der Waals surface area contributed by atoms with Crippen molar-refractivity contribution in [3.63, 3.8) is 0 Å². The lowest BCUT2D eigenvalue weighted by Crippen LogP contribution is -2.38. The third-order valence-corrected chi connectivity index (χ3v) is 7.37. The third-order valence-electron chi connectivity index (χ3n) is 7.37. The smallest absolute Gasteiger partial charge is 0.197 e. The van der Waals surface area contributed by atoms with Crippen LogP contribution in [0, 0.1) is 11.2 Å². The Morgan fingerprint density at radius 2 is 1.57 bits per heavy atom. The van der Waals surface area contributed by atoms with Crippen molar-refractivity contribution >= 4 is 11.6 Å². The summed E-state index contributed by atoms with van der Waals surface area (Å²) in [6.45, 7) is 16.2. The highest BCUT2D eigenvalue weighted by Crippen LogP contribution is 2.59. The number of hydrogen-bond donors (Lipinski definition) is 2. The largest absolute Gasteiger partial charge is 0.507 e. The maximum Gasteiger partial charge on any atom is 0.197 e. The second-order valence-corrected chi connectivity index (χ2v) is 12.1. The van der Waals surface area contributed by atoms with Crippen LogP contribution in [0.3, 0.4) is 0 Å². The normalized spacial score (nSPS) is 16.2. The van der Waals surface area contributed by atoms with Crippen LogP contribution in [0.15, 0.2) is 18.2 Å². The van der Waals surface area contributed by atoms with Gasteiger partial charge in [-0.3, -0.25) is 10.2 Å². The monoisotopic (exact) mass is 510 g/mol. The maximum atomic E-state index is 15.7. The number of amidine groups is 1. The van der Waals surface area contributed by atoms with Crippen LogP contribution in [0.1, 0.15) is 101 Å². The van der Waals surface area contributed by atoms with Crippen LogP contribution in [-0.4, -0.2) is 41.4 Å². The quantitative estimate of drug-likeness (QED) is 0.419. The van der Waals surface area contributed by atoms with Crippen LogP contribution in [0.5, 0.6) is 17.2 Å². The number of phenols is 1. The molecule has 1 fully saturated rings. The minimum atomic E-state index is -0.608. The molecule has 2 aliphatic rings. The average molecular weight is 511 g/mol. The number of ether oxygens (including phenoxy) is 2. The summed E-state index contributed by atoms with van der Waals surface area (Å²) in [5.74, 6) is -0.228. The molecule has 1 saturated carbocycles. The number of nitrogens with zero attached hydrogens (tertiary/aromatic N) is 1. The van der Waals surface area contributed by atoms with E-state index in [1.54, 1.807) is 30.0 Å². The summed E-state index contributed by atoms with van der Waals surface area (Å²) in [5.41, 5.74) is 1.44. The molecule has 0 aromatic heterocycles. The molecule has 2 aromatic rings. The summed E-state index contributed by atoms with van der Waals surface area (Å²) >= 11 is 0. The maximum absolute atomic E-state index is 15.7. The summed E-state index contributed by atoms with van der Waals surface area (Å²) in [4.78, 5) is 15.5. The van der Waals surface area contributed by atoms with E-state index in [1.165, 1.54) is 0 Å². The Hall–Kier alpha value is -3.09. The van der Waals surface area contributed by atoms with Crippen molar-refractivity contribution in [3.8, 4) is 17.2 Å². The zero-order valence-electron chi connectivity index (χ0n) is 23.3. The molecule has 1 aliphatic heterocycles. The minimum absolute atomic E-state index is 0.00628. The van der Waals surface area contributed by atoms with Crippen LogP contribution in [0.4, 0.5) is 4.39 Å². The standard InChI is InChI=1S/C30H39FN2O4/c1-9-36-22-15-18-23(24(31)26(22)37-10-2)27(32)33(30(18)11-12-30)16-21(34)17-13-19(28(3,4)5)25(35)20(14-17)29(6,7)8/h13-15,32,35H,9-12,16H2,1-8H3. The third kappa shape index (κ3) is 4.47. The second-order valence-electron chi connectivity index (χ2n) is 12.1. The number of halogens is 1. The van der Waals surface area contributed by atoms with Gasteiger partial charge in [0.1, 0.15) is 11.6 Å². The molecule has 1 aliphatic carbocycles. The lowest BCUT2D eigenvalue weighted by molar-refractivity contribution is 0.0943. The zero-order chi connectivity index (χ0) is 27.5. The van der Waals surface area contributed by atoms with E-state index in [4.69, 9.17) is 14.9 Å². The molecule has 0 radical (unpaired) electrons. The van der Waals surface area contributed by atoms with Gasteiger partial charge in [-0.15, -0.1) is 0 Å². The number of benzene rings is 2. The molecule has 0 bridgehead atoms. The number of ketones is 1. The van der Waals surface area contributed by atoms with Crippen molar-refractivity contribution in [2.45, 2.75) is 84.6 Å². The molecular formula is C30H39FN2O4. The fourth-order valence-corrected chi connectivity index (χ4v) is 5.31. The highest BCUT2D eigenvalue weighted by atomic mass is 19.1. The van der Waals surface area contributed by atoms with Crippen molar-refractivity contribution in [1.82, 2.24) is 4.90 Å². The molecular weight excluding hydrogens is 471 g/mol. The van der Waals surface area contributed by atoms with E-state index in [1.807, 2.05) is 48.5 Å². The molecule has 0 unspecified atom stereocenters. The summed E-state index contributed by atoms with van der Waals surface area (Å²) in [6, 6.07) is 5.31. The Balaban J connectivity index is 1.76. The average Bonchev–Trinajstić information content (AvgIpc) is 3.55. The highest BCUT2D eigenvalue weighted by molar-refractivity contribution is 6.07. The Bertz CT molecular complexity index is 1230. The molecule has 200 valence electrons. The van der Waals surface area contributed by atoms with E-state index in [2.05, 4.69) is 0 Å². The minimum Gasteiger partial charge on any atom is -0.507 e. The van der Waals surface area contributed by atoms with Gasteiger partial charge in [-0.25, -0.2) is 4.39 Å². The molecule has 2 N–H and O–H groups in total. The predicted molar refractivity (Wildman–Crippen MR) is 143 cm³/mol. The first kappa shape index (κ1) is 27.0. The van der Waals surface area contributed by atoms with E-state index in [0.29, 0.717) is 34.6 Å². The number of phenolic OH excluding ortho intramolecular Hbond substituents is 1. The number of aromatic hydroxyl groups is 1. The Morgan fingerprint density at radius 1 is 1.03 bits per heavy atom. The van der Waals surface area contributed by atoms with Gasteiger partial charge < -0.3 is 19.5 Å². The molecule has 37 heavy (non-hydrogen) atoms. The van der Waals surface area contributed by atoms with Crippen molar-refractivity contribution in [2.75, 3.05) is 19.8 Å². The van der Waals surface area contributed by atoms with Crippen LogP contribution in [0.2, 0.25) is 0 Å². The van der Waals surface area contributed by atoms with E-state index in [-0.39, 0.29) is 52.7 Å². The van der Waals surface area contributed by atoms with Gasteiger partial charge in [0.05, 0.1) is 30.9 Å². The number of fused-ring (bicyclic) bond motifs is 2. The van der Waals surface area contributed by atoms with Gasteiger partial charge in [0.25, 0.3) is 0 Å². The molecule has 7 heteroatoms. The Labute approximate surface area is 219 Å². The van der Waals surface area contributed by atoms with Gasteiger partial charge in [0, 0.05) is 16.7 Å². The number of Topliss-reactive ketones (excluding diaryl/α,β-unsaturated/α-hetero) is 1. The van der Waals surface area contributed by atoms with Gasteiger partial charge in [0.2, 0.25) is 0 Å².